The first kappa shape index (κ1) is 20.0. The van der Waals surface area contributed by atoms with Crippen LogP contribution < -0.4 is 0 Å². The zero-order valence-corrected chi connectivity index (χ0v) is 18.0. The van der Waals surface area contributed by atoms with Crippen LogP contribution in [0.3, 0.4) is 0 Å². The number of unbranched alkanes of at least 4 members (excludes halogenated alkanes) is 3. The molecular formula is C15H31IO2Sn. The normalized spacial score (nSPS) is 11.6. The summed E-state index contributed by atoms with van der Waals surface area (Å²) in [6.45, 7) is 6.72. The predicted molar refractivity (Wildman–Crippen MR) is 94.5 cm³/mol. The van der Waals surface area contributed by atoms with E-state index in [1.165, 1.54) is 51.8 Å². The van der Waals surface area contributed by atoms with E-state index in [9.17, 15) is 4.79 Å². The molecule has 19 heavy (non-hydrogen) atoms. The van der Waals surface area contributed by atoms with Gasteiger partial charge in [-0.15, -0.1) is 0 Å². The summed E-state index contributed by atoms with van der Waals surface area (Å²) >= 11 is -0.386. The van der Waals surface area contributed by atoms with Gasteiger partial charge in [0.25, 0.3) is 0 Å². The Balaban J connectivity index is 4.70. The first-order valence-corrected chi connectivity index (χ1v) is 16.7. The van der Waals surface area contributed by atoms with E-state index >= 15 is 0 Å². The number of alkyl halides is 1. The van der Waals surface area contributed by atoms with E-state index < -0.39 is 18.8 Å². The van der Waals surface area contributed by atoms with Gasteiger partial charge in [-0.3, -0.25) is 0 Å². The SMILES string of the molecule is CCC[CH2][Sn]([CH2]CCC)([CH2]CCC)[O]C(=O)CCI. The van der Waals surface area contributed by atoms with Gasteiger partial charge in [0.1, 0.15) is 0 Å². The Kier molecular flexibility index (Phi) is 13.4. The van der Waals surface area contributed by atoms with Crippen molar-refractivity contribution >= 4 is 47.4 Å². The van der Waals surface area contributed by atoms with Gasteiger partial charge in [-0.1, -0.05) is 0 Å². The molecule has 0 aliphatic carbocycles. The van der Waals surface area contributed by atoms with E-state index in [4.69, 9.17) is 3.07 Å². The molecule has 0 atom stereocenters. The average Bonchev–Trinajstić information content (AvgIpc) is 2.40. The minimum atomic E-state index is -2.65. The first-order chi connectivity index (χ1) is 9.14. The van der Waals surface area contributed by atoms with Crippen molar-refractivity contribution in [3.63, 3.8) is 0 Å². The summed E-state index contributed by atoms with van der Waals surface area (Å²) in [5.74, 6) is 0.0912. The Morgan fingerprint density at radius 2 is 1.37 bits per heavy atom. The molecule has 0 saturated heterocycles. The number of carbonyl (C=O) groups excluding carboxylic acids is 1. The van der Waals surface area contributed by atoms with Crippen molar-refractivity contribution in [1.29, 1.82) is 0 Å². The molecule has 0 saturated carbocycles. The summed E-state index contributed by atoms with van der Waals surface area (Å²) < 4.78 is 10.8. The molecule has 0 aromatic rings. The van der Waals surface area contributed by atoms with Crippen LogP contribution in [0, 0.1) is 0 Å². The molecule has 114 valence electrons. The van der Waals surface area contributed by atoms with Crippen LogP contribution in [0.1, 0.15) is 65.7 Å². The molecule has 0 heterocycles. The monoisotopic (exact) mass is 490 g/mol. The van der Waals surface area contributed by atoms with Gasteiger partial charge >= 0.3 is 139 Å². The van der Waals surface area contributed by atoms with Crippen molar-refractivity contribution in [2.45, 2.75) is 79.0 Å². The van der Waals surface area contributed by atoms with Gasteiger partial charge in [0.2, 0.25) is 0 Å². The number of hydrogen-bond donors (Lipinski definition) is 0. The molecule has 0 bridgehead atoms. The van der Waals surface area contributed by atoms with Crippen LogP contribution in [0.15, 0.2) is 0 Å². The van der Waals surface area contributed by atoms with Crippen LogP contribution in [0.25, 0.3) is 0 Å². The van der Waals surface area contributed by atoms with Crippen molar-refractivity contribution in [3.05, 3.63) is 0 Å². The van der Waals surface area contributed by atoms with Gasteiger partial charge in [-0.2, -0.15) is 0 Å². The van der Waals surface area contributed by atoms with E-state index in [1.54, 1.807) is 0 Å². The zero-order chi connectivity index (χ0) is 14.6. The standard InChI is InChI=1S/3C4H9.C3H5IO2.Sn/c3*1-3-4-2;4-2-1-3(5)6;/h3*1,3-4H2,2H3;1-2H2,(H,5,6);/q;;;;+1/p-1. The summed E-state index contributed by atoms with van der Waals surface area (Å²) in [5.41, 5.74) is 0. The molecule has 0 aliphatic rings. The molecule has 0 radical (unpaired) electrons. The molecule has 2 nitrogen and oxygen atoms in total. The van der Waals surface area contributed by atoms with Crippen molar-refractivity contribution in [2.24, 2.45) is 0 Å². The predicted octanol–water partition coefficient (Wildman–Crippen LogP) is 5.70. The molecule has 4 heteroatoms. The van der Waals surface area contributed by atoms with Crippen molar-refractivity contribution in [1.82, 2.24) is 0 Å². The Morgan fingerprint density at radius 1 is 0.947 bits per heavy atom. The van der Waals surface area contributed by atoms with Crippen molar-refractivity contribution in [2.75, 3.05) is 4.43 Å². The Morgan fingerprint density at radius 3 is 1.68 bits per heavy atom. The number of rotatable bonds is 12. The number of carbonyl (C=O) groups is 1. The first-order valence-electron chi connectivity index (χ1n) is 7.92. The van der Waals surface area contributed by atoms with Crippen LogP contribution in [-0.2, 0) is 7.87 Å². The van der Waals surface area contributed by atoms with Crippen LogP contribution in [0.2, 0.25) is 13.3 Å². The van der Waals surface area contributed by atoms with E-state index in [0.29, 0.717) is 6.42 Å². The fourth-order valence-electron chi connectivity index (χ4n) is 2.39. The fourth-order valence-corrected chi connectivity index (χ4v) is 16.1. The summed E-state index contributed by atoms with van der Waals surface area (Å²) in [4.78, 5) is 12.0. The van der Waals surface area contributed by atoms with Crippen molar-refractivity contribution < 1.29 is 7.87 Å². The third-order valence-electron chi connectivity index (χ3n) is 3.59. The number of halogens is 1. The second-order valence-corrected chi connectivity index (χ2v) is 18.1. The Bertz CT molecular complexity index is 212. The van der Waals surface area contributed by atoms with Crippen LogP contribution in [-0.4, -0.2) is 29.2 Å². The fraction of sp³-hybridized carbons (Fsp3) is 0.933. The molecule has 0 spiro atoms. The van der Waals surface area contributed by atoms with Gasteiger partial charge in [0.05, 0.1) is 0 Å². The average molecular weight is 489 g/mol. The van der Waals surface area contributed by atoms with E-state index in [1.807, 2.05) is 0 Å². The van der Waals surface area contributed by atoms with E-state index in [0.717, 1.165) is 4.43 Å². The minimum absolute atomic E-state index is 0.0912. The molecule has 0 aromatic heterocycles. The second kappa shape index (κ2) is 12.7. The number of hydrogen-bond acceptors (Lipinski definition) is 2. The Labute approximate surface area is 138 Å². The van der Waals surface area contributed by atoms with Crippen molar-refractivity contribution in [3.8, 4) is 0 Å². The van der Waals surface area contributed by atoms with Gasteiger partial charge in [-0.25, -0.2) is 0 Å². The quantitative estimate of drug-likeness (QED) is 0.200. The second-order valence-electron chi connectivity index (χ2n) is 5.41. The van der Waals surface area contributed by atoms with Gasteiger partial charge in [-0.05, 0) is 0 Å². The molecule has 0 aromatic carbocycles. The maximum absolute atomic E-state index is 12.0. The Hall–Kier alpha value is 0.999. The van der Waals surface area contributed by atoms with E-state index in [-0.39, 0.29) is 5.97 Å². The third-order valence-corrected chi connectivity index (χ3v) is 16.8. The van der Waals surface area contributed by atoms with Crippen LogP contribution in [0.5, 0.6) is 0 Å². The molecule has 0 fully saturated rings. The van der Waals surface area contributed by atoms with Crippen LogP contribution >= 0.6 is 22.6 Å². The summed E-state index contributed by atoms with van der Waals surface area (Å²) in [7, 11) is 0. The molecule has 0 unspecified atom stereocenters. The van der Waals surface area contributed by atoms with E-state index in [2.05, 4.69) is 43.4 Å². The molecular weight excluding hydrogens is 458 g/mol. The van der Waals surface area contributed by atoms with Gasteiger partial charge < -0.3 is 0 Å². The maximum atomic E-state index is 12.0. The zero-order valence-electron chi connectivity index (χ0n) is 13.0. The molecule has 0 rings (SSSR count). The topological polar surface area (TPSA) is 26.3 Å². The van der Waals surface area contributed by atoms with Gasteiger partial charge in [0.15, 0.2) is 0 Å². The summed E-state index contributed by atoms with van der Waals surface area (Å²) in [6, 6.07) is 0. The summed E-state index contributed by atoms with van der Waals surface area (Å²) in [5, 5.41) is 0. The molecule has 0 aliphatic heterocycles. The molecule has 0 N–H and O–H groups in total. The van der Waals surface area contributed by atoms with Gasteiger partial charge in [0, 0.05) is 0 Å². The summed E-state index contributed by atoms with van der Waals surface area (Å²) in [6.07, 6.45) is 8.02. The van der Waals surface area contributed by atoms with Crippen LogP contribution in [0.4, 0.5) is 0 Å². The molecule has 0 amide bonds. The third kappa shape index (κ3) is 9.53.